The zero-order valence-electron chi connectivity index (χ0n) is 14.3. The lowest BCUT2D eigenvalue weighted by Crippen LogP contribution is -2.35. The summed E-state index contributed by atoms with van der Waals surface area (Å²) >= 11 is 1.73. The lowest BCUT2D eigenvalue weighted by atomic mass is 10.2. The van der Waals surface area contributed by atoms with Crippen molar-refractivity contribution in [3.63, 3.8) is 0 Å². The molecule has 1 aliphatic heterocycles. The Kier molecular flexibility index (Phi) is 4.58. The van der Waals surface area contributed by atoms with Gasteiger partial charge in [0.25, 0.3) is 0 Å². The number of nitrogens with zero attached hydrogens (tertiary/aromatic N) is 3. The summed E-state index contributed by atoms with van der Waals surface area (Å²) in [4.78, 5) is 25.5. The smallest absolute Gasteiger partial charge is 0.240 e. The Labute approximate surface area is 156 Å². The Morgan fingerprint density at radius 1 is 1.00 bits per heavy atom. The van der Waals surface area contributed by atoms with Crippen molar-refractivity contribution in [2.24, 2.45) is 0 Å². The second-order valence-electron chi connectivity index (χ2n) is 5.99. The number of nitrogens with one attached hydrogen (secondary N) is 1. The van der Waals surface area contributed by atoms with Crippen molar-refractivity contribution in [3.8, 4) is 0 Å². The minimum absolute atomic E-state index is 0.0495. The summed E-state index contributed by atoms with van der Waals surface area (Å²) in [5, 5.41) is 2.96. The molecule has 0 atom stereocenters. The summed E-state index contributed by atoms with van der Waals surface area (Å²) in [6.45, 7) is 2.53. The maximum absolute atomic E-state index is 12.6. The van der Waals surface area contributed by atoms with Crippen LogP contribution in [-0.2, 0) is 11.3 Å². The van der Waals surface area contributed by atoms with Gasteiger partial charge >= 0.3 is 0 Å². The fraction of sp³-hybridized carbons (Fsp3) is 0.150. The second-order valence-corrected chi connectivity index (χ2v) is 7.07. The Morgan fingerprint density at radius 3 is 2.27 bits per heavy atom. The first kappa shape index (κ1) is 16.6. The van der Waals surface area contributed by atoms with Crippen molar-refractivity contribution in [2.45, 2.75) is 23.3 Å². The lowest BCUT2D eigenvalue weighted by Gasteiger charge is -2.32. The van der Waals surface area contributed by atoms with Gasteiger partial charge in [-0.2, -0.15) is 0 Å². The normalized spacial score (nSPS) is 12.3. The van der Waals surface area contributed by atoms with Gasteiger partial charge in [0.15, 0.2) is 0 Å². The van der Waals surface area contributed by atoms with Crippen molar-refractivity contribution in [2.75, 3.05) is 11.4 Å². The summed E-state index contributed by atoms with van der Waals surface area (Å²) < 4.78 is 0. The topological polar surface area (TPSA) is 58.1 Å². The van der Waals surface area contributed by atoms with Gasteiger partial charge in [0.1, 0.15) is 6.54 Å². The molecule has 0 spiro atoms. The Hall–Kier alpha value is -2.86. The molecule has 1 amide bonds. The molecule has 2 heterocycles. The molecule has 0 fully saturated rings. The van der Waals surface area contributed by atoms with E-state index in [0.717, 1.165) is 32.6 Å². The zero-order valence-corrected chi connectivity index (χ0v) is 15.2. The van der Waals surface area contributed by atoms with Crippen LogP contribution in [0.1, 0.15) is 11.4 Å². The van der Waals surface area contributed by atoms with Crippen LogP contribution >= 0.6 is 11.8 Å². The number of rotatable bonds is 4. The molecule has 2 aromatic carbocycles. The standard InChI is InChI=1S/C20H18N4OS/c1-14-15(22-11-10-21-14)12-23-20(25)13-24-16-6-2-4-8-18(16)26-19-9-5-3-7-17(19)24/h2-11H,12-13H2,1H3,(H,23,25). The van der Waals surface area contributed by atoms with E-state index in [2.05, 4.69) is 44.5 Å². The SMILES string of the molecule is Cc1nccnc1CNC(=O)CN1c2ccccc2Sc2ccccc21. The molecule has 1 N–H and O–H groups in total. The number of aromatic nitrogens is 2. The molecule has 26 heavy (non-hydrogen) atoms. The Bertz CT molecular complexity index is 914. The number of carbonyl (C=O) groups is 1. The van der Waals surface area contributed by atoms with E-state index in [4.69, 9.17) is 0 Å². The van der Waals surface area contributed by atoms with Gasteiger partial charge in [-0.05, 0) is 31.2 Å². The number of amides is 1. The van der Waals surface area contributed by atoms with Crippen LogP contribution < -0.4 is 10.2 Å². The first-order valence-electron chi connectivity index (χ1n) is 8.39. The monoisotopic (exact) mass is 362 g/mol. The minimum Gasteiger partial charge on any atom is -0.349 e. The largest absolute Gasteiger partial charge is 0.349 e. The Balaban J connectivity index is 1.54. The second kappa shape index (κ2) is 7.17. The minimum atomic E-state index is -0.0495. The number of para-hydroxylation sites is 2. The van der Waals surface area contributed by atoms with Gasteiger partial charge in [-0.25, -0.2) is 0 Å². The highest BCUT2D eigenvalue weighted by molar-refractivity contribution is 7.99. The summed E-state index contributed by atoms with van der Waals surface area (Å²) in [7, 11) is 0. The number of anilines is 2. The van der Waals surface area contributed by atoms with Crippen LogP contribution in [-0.4, -0.2) is 22.4 Å². The van der Waals surface area contributed by atoms with Crippen LogP contribution in [0.25, 0.3) is 0 Å². The fourth-order valence-electron chi connectivity index (χ4n) is 2.94. The summed E-state index contributed by atoms with van der Waals surface area (Å²) in [6.07, 6.45) is 3.29. The van der Waals surface area contributed by atoms with E-state index in [-0.39, 0.29) is 12.5 Å². The molecular weight excluding hydrogens is 344 g/mol. The van der Waals surface area contributed by atoms with Crippen LogP contribution in [0.15, 0.2) is 70.7 Å². The number of benzene rings is 2. The molecule has 0 unspecified atom stereocenters. The molecule has 0 saturated carbocycles. The molecule has 0 bridgehead atoms. The molecule has 0 saturated heterocycles. The van der Waals surface area contributed by atoms with E-state index in [1.54, 1.807) is 24.2 Å². The quantitative estimate of drug-likeness (QED) is 0.767. The maximum atomic E-state index is 12.6. The molecule has 1 aliphatic rings. The van der Waals surface area contributed by atoms with Gasteiger partial charge in [-0.15, -0.1) is 0 Å². The zero-order chi connectivity index (χ0) is 17.9. The highest BCUT2D eigenvalue weighted by Gasteiger charge is 2.24. The highest BCUT2D eigenvalue weighted by atomic mass is 32.2. The van der Waals surface area contributed by atoms with Gasteiger partial charge in [-0.3, -0.25) is 14.8 Å². The van der Waals surface area contributed by atoms with Crippen molar-refractivity contribution in [1.82, 2.24) is 15.3 Å². The molecule has 130 valence electrons. The molecular formula is C20H18N4OS. The van der Waals surface area contributed by atoms with Crippen LogP contribution in [0.2, 0.25) is 0 Å². The van der Waals surface area contributed by atoms with E-state index < -0.39 is 0 Å². The van der Waals surface area contributed by atoms with Gasteiger partial charge in [0, 0.05) is 22.2 Å². The third-order valence-corrected chi connectivity index (χ3v) is 5.40. The van der Waals surface area contributed by atoms with Crippen LogP contribution in [0.4, 0.5) is 11.4 Å². The predicted molar refractivity (Wildman–Crippen MR) is 103 cm³/mol. The molecule has 1 aromatic heterocycles. The number of hydrogen-bond acceptors (Lipinski definition) is 5. The first-order chi connectivity index (χ1) is 12.7. The molecule has 0 aliphatic carbocycles. The fourth-order valence-corrected chi connectivity index (χ4v) is 4.04. The van der Waals surface area contributed by atoms with Gasteiger partial charge in [-0.1, -0.05) is 36.0 Å². The first-order valence-corrected chi connectivity index (χ1v) is 9.20. The maximum Gasteiger partial charge on any atom is 0.240 e. The lowest BCUT2D eigenvalue weighted by molar-refractivity contribution is -0.119. The van der Waals surface area contributed by atoms with Crippen molar-refractivity contribution >= 4 is 29.0 Å². The van der Waals surface area contributed by atoms with Crippen molar-refractivity contribution in [3.05, 3.63) is 72.3 Å². The highest BCUT2D eigenvalue weighted by Crippen LogP contribution is 2.47. The Morgan fingerprint density at radius 2 is 1.62 bits per heavy atom. The summed E-state index contributed by atoms with van der Waals surface area (Å²) in [5.41, 5.74) is 3.73. The molecule has 3 aromatic rings. The number of aryl methyl sites for hydroxylation is 1. The number of fused-ring (bicyclic) bond motifs is 2. The van der Waals surface area contributed by atoms with E-state index >= 15 is 0 Å². The van der Waals surface area contributed by atoms with Gasteiger partial charge < -0.3 is 10.2 Å². The molecule has 5 nitrogen and oxygen atoms in total. The predicted octanol–water partition coefficient (Wildman–Crippen LogP) is 3.70. The molecule has 6 heteroatoms. The van der Waals surface area contributed by atoms with Gasteiger partial charge in [0.05, 0.1) is 29.3 Å². The number of hydrogen-bond donors (Lipinski definition) is 1. The van der Waals surface area contributed by atoms with Crippen molar-refractivity contribution in [1.29, 1.82) is 0 Å². The molecule has 4 rings (SSSR count). The average molecular weight is 362 g/mol. The average Bonchev–Trinajstić information content (AvgIpc) is 2.67. The number of carbonyl (C=O) groups excluding carboxylic acids is 1. The summed E-state index contributed by atoms with van der Waals surface area (Å²) in [5.74, 6) is -0.0495. The third-order valence-electron chi connectivity index (χ3n) is 4.27. The third kappa shape index (κ3) is 3.28. The van der Waals surface area contributed by atoms with E-state index in [9.17, 15) is 4.79 Å². The molecule has 0 radical (unpaired) electrons. The van der Waals surface area contributed by atoms with E-state index in [1.807, 2.05) is 31.2 Å². The van der Waals surface area contributed by atoms with Crippen LogP contribution in [0, 0.1) is 6.92 Å². The van der Waals surface area contributed by atoms with Crippen molar-refractivity contribution < 1.29 is 4.79 Å². The summed E-state index contributed by atoms with van der Waals surface area (Å²) in [6, 6.07) is 16.3. The van der Waals surface area contributed by atoms with E-state index in [1.165, 1.54) is 0 Å². The van der Waals surface area contributed by atoms with Gasteiger partial charge in [0.2, 0.25) is 5.91 Å². The van der Waals surface area contributed by atoms with Crippen LogP contribution in [0.3, 0.4) is 0 Å². The van der Waals surface area contributed by atoms with E-state index in [0.29, 0.717) is 6.54 Å². The van der Waals surface area contributed by atoms with Crippen LogP contribution in [0.5, 0.6) is 0 Å².